The fraction of sp³-hybridized carbons (Fsp3) is 0.438. The van der Waals surface area contributed by atoms with E-state index in [4.69, 9.17) is 11.2 Å². The Labute approximate surface area is 119 Å². The maximum Gasteiger partial charge on any atom is 0.330 e. The quantitative estimate of drug-likeness (QED) is 0.443. The van der Waals surface area contributed by atoms with E-state index in [1.807, 2.05) is 38.3 Å². The van der Waals surface area contributed by atoms with Gasteiger partial charge in [0, 0.05) is 11.0 Å². The Balaban J connectivity index is 2.50. The van der Waals surface area contributed by atoms with E-state index < -0.39 is 5.60 Å². The lowest BCUT2D eigenvalue weighted by molar-refractivity contribution is -0.150. The highest BCUT2D eigenvalue weighted by atomic mass is 32.1. The third-order valence-electron chi connectivity index (χ3n) is 2.94. The van der Waals surface area contributed by atoms with Gasteiger partial charge < -0.3 is 4.74 Å². The molecule has 0 aromatic carbocycles. The van der Waals surface area contributed by atoms with Crippen LogP contribution in [0.5, 0.6) is 0 Å². The monoisotopic (exact) mass is 276 g/mol. The van der Waals surface area contributed by atoms with Crippen molar-refractivity contribution in [3.63, 3.8) is 0 Å². The third kappa shape index (κ3) is 5.32. The summed E-state index contributed by atoms with van der Waals surface area (Å²) in [5, 5.41) is 2.00. The van der Waals surface area contributed by atoms with E-state index >= 15 is 0 Å². The molecule has 1 rings (SSSR count). The van der Waals surface area contributed by atoms with Crippen molar-refractivity contribution in [2.24, 2.45) is 0 Å². The SMILES string of the molecule is C#C[C@@H](C/C=C/C(=O)OC(C)(C)CC)c1cccs1. The number of hydrogen-bond donors (Lipinski definition) is 0. The highest BCUT2D eigenvalue weighted by Gasteiger charge is 2.18. The summed E-state index contributed by atoms with van der Waals surface area (Å²) in [6.07, 6.45) is 10.2. The average Bonchev–Trinajstić information content (AvgIpc) is 2.88. The van der Waals surface area contributed by atoms with Gasteiger partial charge in [0.1, 0.15) is 5.60 Å². The van der Waals surface area contributed by atoms with Gasteiger partial charge in [-0.1, -0.05) is 25.0 Å². The number of terminal acetylenes is 1. The lowest BCUT2D eigenvalue weighted by Crippen LogP contribution is -2.25. The first-order chi connectivity index (χ1) is 8.98. The molecule has 0 unspecified atom stereocenters. The van der Waals surface area contributed by atoms with Crippen LogP contribution in [0.2, 0.25) is 0 Å². The number of thiophene rings is 1. The molecule has 0 aliphatic heterocycles. The van der Waals surface area contributed by atoms with Crippen LogP contribution in [0.15, 0.2) is 29.7 Å². The van der Waals surface area contributed by atoms with Crippen molar-refractivity contribution in [3.05, 3.63) is 34.5 Å². The van der Waals surface area contributed by atoms with Crippen LogP contribution in [-0.4, -0.2) is 11.6 Å². The summed E-state index contributed by atoms with van der Waals surface area (Å²) in [5.41, 5.74) is -0.416. The number of rotatable bonds is 6. The van der Waals surface area contributed by atoms with Crippen LogP contribution in [0.4, 0.5) is 0 Å². The van der Waals surface area contributed by atoms with Gasteiger partial charge in [0.15, 0.2) is 0 Å². The molecule has 0 fully saturated rings. The van der Waals surface area contributed by atoms with Crippen molar-refractivity contribution in [1.29, 1.82) is 0 Å². The average molecular weight is 276 g/mol. The maximum absolute atomic E-state index is 11.6. The lowest BCUT2D eigenvalue weighted by Gasteiger charge is -2.22. The van der Waals surface area contributed by atoms with Gasteiger partial charge in [0.2, 0.25) is 0 Å². The second kappa shape index (κ2) is 7.16. The molecule has 1 heterocycles. The highest BCUT2D eigenvalue weighted by Crippen LogP contribution is 2.24. The Hall–Kier alpha value is -1.53. The van der Waals surface area contributed by atoms with E-state index in [2.05, 4.69) is 5.92 Å². The summed E-state index contributed by atoms with van der Waals surface area (Å²) in [6.45, 7) is 5.78. The summed E-state index contributed by atoms with van der Waals surface area (Å²) in [4.78, 5) is 12.8. The molecule has 1 atom stereocenters. The number of allylic oxidation sites excluding steroid dienone is 1. The Bertz CT molecular complexity index is 463. The van der Waals surface area contributed by atoms with Crippen LogP contribution in [0.3, 0.4) is 0 Å². The molecule has 0 spiro atoms. The van der Waals surface area contributed by atoms with E-state index in [1.165, 1.54) is 6.08 Å². The zero-order valence-corrected chi connectivity index (χ0v) is 12.5. The Morgan fingerprint density at radius 3 is 2.89 bits per heavy atom. The number of carbonyl (C=O) groups excluding carboxylic acids is 1. The summed E-state index contributed by atoms with van der Waals surface area (Å²) in [5.74, 6) is 2.46. The summed E-state index contributed by atoms with van der Waals surface area (Å²) in [7, 11) is 0. The van der Waals surface area contributed by atoms with Crippen molar-refractivity contribution >= 4 is 17.3 Å². The largest absolute Gasteiger partial charge is 0.457 e. The molecule has 19 heavy (non-hydrogen) atoms. The lowest BCUT2D eigenvalue weighted by atomic mass is 10.0. The summed E-state index contributed by atoms with van der Waals surface area (Å²) < 4.78 is 5.32. The molecule has 0 amide bonds. The summed E-state index contributed by atoms with van der Waals surface area (Å²) >= 11 is 1.64. The molecule has 0 saturated heterocycles. The molecule has 2 nitrogen and oxygen atoms in total. The molecule has 102 valence electrons. The smallest absolute Gasteiger partial charge is 0.330 e. The zero-order valence-electron chi connectivity index (χ0n) is 11.7. The van der Waals surface area contributed by atoms with Gasteiger partial charge in [-0.15, -0.1) is 17.8 Å². The van der Waals surface area contributed by atoms with E-state index in [9.17, 15) is 4.79 Å². The van der Waals surface area contributed by atoms with Crippen molar-refractivity contribution < 1.29 is 9.53 Å². The Morgan fingerprint density at radius 1 is 1.63 bits per heavy atom. The first-order valence-corrected chi connectivity index (χ1v) is 7.25. The molecule has 0 bridgehead atoms. The molecule has 1 aromatic rings. The maximum atomic E-state index is 11.6. The fourth-order valence-electron chi connectivity index (χ4n) is 1.43. The van der Waals surface area contributed by atoms with E-state index in [0.29, 0.717) is 6.42 Å². The predicted octanol–water partition coefficient (Wildman–Crippen LogP) is 4.14. The van der Waals surface area contributed by atoms with Crippen LogP contribution in [0, 0.1) is 12.3 Å². The van der Waals surface area contributed by atoms with Gasteiger partial charge in [-0.3, -0.25) is 0 Å². The van der Waals surface area contributed by atoms with Crippen molar-refractivity contribution in [3.8, 4) is 12.3 Å². The Morgan fingerprint density at radius 2 is 2.37 bits per heavy atom. The minimum Gasteiger partial charge on any atom is -0.457 e. The minimum atomic E-state index is -0.416. The predicted molar refractivity (Wildman–Crippen MR) is 80.1 cm³/mol. The van der Waals surface area contributed by atoms with E-state index in [-0.39, 0.29) is 11.9 Å². The van der Waals surface area contributed by atoms with Crippen LogP contribution in [0.1, 0.15) is 44.4 Å². The molecule has 0 N–H and O–H groups in total. The molecule has 0 aliphatic rings. The minimum absolute atomic E-state index is 0.0308. The first kappa shape index (κ1) is 15.5. The zero-order chi connectivity index (χ0) is 14.3. The normalized spacial score (nSPS) is 13.2. The standard InChI is InChI=1S/C16H20O2S/c1-5-13(14-10-8-12-19-14)9-7-11-15(17)18-16(3,4)6-2/h1,7-8,10-13H,6,9H2,2-4H3/b11-7+/t13-/m0/s1. The molecular formula is C16H20O2S. The summed E-state index contributed by atoms with van der Waals surface area (Å²) in [6, 6.07) is 3.99. The number of ether oxygens (including phenoxy) is 1. The number of esters is 1. The third-order valence-corrected chi connectivity index (χ3v) is 3.93. The van der Waals surface area contributed by atoms with Crippen molar-refractivity contribution in [2.45, 2.75) is 45.1 Å². The van der Waals surface area contributed by atoms with Crippen LogP contribution in [0.25, 0.3) is 0 Å². The Kier molecular flexibility index (Phi) is 5.85. The number of carbonyl (C=O) groups is 1. The second-order valence-corrected chi connectivity index (χ2v) is 5.89. The van der Waals surface area contributed by atoms with Gasteiger partial charge in [-0.2, -0.15) is 0 Å². The molecular weight excluding hydrogens is 256 g/mol. The van der Waals surface area contributed by atoms with E-state index in [1.54, 1.807) is 17.4 Å². The van der Waals surface area contributed by atoms with Gasteiger partial charge in [-0.25, -0.2) is 4.79 Å². The van der Waals surface area contributed by atoms with Gasteiger partial charge in [0.25, 0.3) is 0 Å². The molecule has 1 aromatic heterocycles. The second-order valence-electron chi connectivity index (χ2n) is 4.91. The number of hydrogen-bond acceptors (Lipinski definition) is 3. The molecule has 0 saturated carbocycles. The van der Waals surface area contributed by atoms with Crippen LogP contribution >= 0.6 is 11.3 Å². The highest BCUT2D eigenvalue weighted by molar-refractivity contribution is 7.10. The van der Waals surface area contributed by atoms with E-state index in [0.717, 1.165) is 11.3 Å². The van der Waals surface area contributed by atoms with Crippen molar-refractivity contribution in [1.82, 2.24) is 0 Å². The fourth-order valence-corrected chi connectivity index (χ4v) is 2.23. The van der Waals surface area contributed by atoms with Crippen molar-refractivity contribution in [2.75, 3.05) is 0 Å². The topological polar surface area (TPSA) is 26.3 Å². The van der Waals surface area contributed by atoms with Crippen LogP contribution < -0.4 is 0 Å². The first-order valence-electron chi connectivity index (χ1n) is 6.37. The molecule has 3 heteroatoms. The molecule has 0 radical (unpaired) electrons. The van der Waals surface area contributed by atoms with Crippen LogP contribution in [-0.2, 0) is 9.53 Å². The van der Waals surface area contributed by atoms with Gasteiger partial charge in [-0.05, 0) is 38.1 Å². The molecule has 0 aliphatic carbocycles. The van der Waals surface area contributed by atoms with Gasteiger partial charge in [0.05, 0.1) is 5.92 Å². The van der Waals surface area contributed by atoms with Gasteiger partial charge >= 0.3 is 5.97 Å².